The molecule has 6 nitrogen and oxygen atoms in total. The van der Waals surface area contributed by atoms with Crippen molar-refractivity contribution in [1.82, 2.24) is 0 Å². The maximum absolute atomic E-state index is 11.0. The molecule has 0 bridgehead atoms. The smallest absolute Gasteiger partial charge is 0.320 e. The van der Waals surface area contributed by atoms with Gasteiger partial charge in [0.15, 0.2) is 0 Å². The molecule has 3 N–H and O–H groups in total. The van der Waals surface area contributed by atoms with Gasteiger partial charge < -0.3 is 10.8 Å². The number of carbonyl (C=O) groups is 1. The Bertz CT molecular complexity index is 654. The number of non-ortho nitro benzene ring substituents is 1. The number of hydrogen-bond donors (Lipinski definition) is 2. The number of rotatable bonds is 4. The minimum Gasteiger partial charge on any atom is -0.480 e. The first-order chi connectivity index (χ1) is 8.99. The third kappa shape index (κ3) is 2.69. The first kappa shape index (κ1) is 13.0. The Labute approximate surface area is 108 Å². The number of hydrogen-bond acceptors (Lipinski definition) is 4. The van der Waals surface area contributed by atoms with E-state index in [-0.39, 0.29) is 12.1 Å². The lowest BCUT2D eigenvalue weighted by molar-refractivity contribution is -0.383. The van der Waals surface area contributed by atoms with Crippen molar-refractivity contribution in [3.8, 4) is 0 Å². The lowest BCUT2D eigenvalue weighted by atomic mass is 10.0. The third-order valence-corrected chi connectivity index (χ3v) is 2.87. The third-order valence-electron chi connectivity index (χ3n) is 2.87. The number of nitro groups is 1. The molecule has 98 valence electrons. The molecule has 19 heavy (non-hydrogen) atoms. The first-order valence-corrected chi connectivity index (χ1v) is 5.63. The summed E-state index contributed by atoms with van der Waals surface area (Å²) >= 11 is 0. The van der Waals surface area contributed by atoms with Crippen molar-refractivity contribution in [3.05, 3.63) is 52.1 Å². The van der Waals surface area contributed by atoms with Gasteiger partial charge in [0.25, 0.3) is 5.69 Å². The summed E-state index contributed by atoms with van der Waals surface area (Å²) in [6, 6.07) is 8.94. The van der Waals surface area contributed by atoms with Crippen LogP contribution in [0.15, 0.2) is 36.4 Å². The average Bonchev–Trinajstić information content (AvgIpc) is 2.37. The lowest BCUT2D eigenvalue weighted by Crippen LogP contribution is -2.32. The van der Waals surface area contributed by atoms with E-state index in [0.29, 0.717) is 16.3 Å². The monoisotopic (exact) mass is 260 g/mol. The van der Waals surface area contributed by atoms with Gasteiger partial charge in [-0.3, -0.25) is 14.9 Å². The predicted octanol–water partition coefficient (Wildman–Crippen LogP) is 1.70. The van der Waals surface area contributed by atoms with Gasteiger partial charge in [0.1, 0.15) is 6.04 Å². The van der Waals surface area contributed by atoms with Gasteiger partial charge in [0.2, 0.25) is 0 Å². The average molecular weight is 260 g/mol. The van der Waals surface area contributed by atoms with Crippen LogP contribution in [0.5, 0.6) is 0 Å². The molecule has 1 atom stereocenters. The molecule has 0 aliphatic heterocycles. The Morgan fingerprint density at radius 1 is 1.37 bits per heavy atom. The molecule has 0 aliphatic rings. The van der Waals surface area contributed by atoms with Gasteiger partial charge in [-0.15, -0.1) is 0 Å². The van der Waals surface area contributed by atoms with Crippen LogP contribution in [0.1, 0.15) is 5.56 Å². The van der Waals surface area contributed by atoms with Crippen LogP contribution in [0, 0.1) is 10.1 Å². The van der Waals surface area contributed by atoms with Crippen LogP contribution in [0.3, 0.4) is 0 Å². The first-order valence-electron chi connectivity index (χ1n) is 5.63. The highest BCUT2D eigenvalue weighted by atomic mass is 16.6. The number of nitrogens with two attached hydrogens (primary N) is 1. The molecular formula is C13H12N2O4. The number of benzene rings is 2. The summed E-state index contributed by atoms with van der Waals surface area (Å²) in [6.07, 6.45) is 0.0566. The summed E-state index contributed by atoms with van der Waals surface area (Å²) in [5.41, 5.74) is 5.95. The van der Waals surface area contributed by atoms with Gasteiger partial charge in [-0.05, 0) is 23.4 Å². The molecule has 0 aromatic heterocycles. The van der Waals surface area contributed by atoms with E-state index in [1.165, 1.54) is 6.07 Å². The summed E-state index contributed by atoms with van der Waals surface area (Å²) in [5.74, 6) is -1.13. The summed E-state index contributed by atoms with van der Waals surface area (Å²) < 4.78 is 0. The molecule has 0 saturated carbocycles. The zero-order chi connectivity index (χ0) is 14.0. The highest BCUT2D eigenvalue weighted by molar-refractivity contribution is 5.91. The van der Waals surface area contributed by atoms with Crippen molar-refractivity contribution in [2.24, 2.45) is 5.73 Å². The van der Waals surface area contributed by atoms with Crippen LogP contribution in [0.4, 0.5) is 5.69 Å². The Hall–Kier alpha value is -2.47. The molecule has 0 spiro atoms. The summed E-state index contributed by atoms with van der Waals surface area (Å²) in [4.78, 5) is 21.3. The minimum atomic E-state index is -1.13. The van der Waals surface area contributed by atoms with Crippen LogP contribution in [0.25, 0.3) is 10.8 Å². The van der Waals surface area contributed by atoms with Crippen molar-refractivity contribution in [2.45, 2.75) is 12.5 Å². The van der Waals surface area contributed by atoms with E-state index in [0.717, 1.165) is 0 Å². The molecular weight excluding hydrogens is 248 g/mol. The van der Waals surface area contributed by atoms with E-state index in [1.807, 2.05) is 0 Å². The van der Waals surface area contributed by atoms with E-state index in [2.05, 4.69) is 0 Å². The van der Waals surface area contributed by atoms with Crippen LogP contribution in [-0.2, 0) is 11.2 Å². The molecule has 0 unspecified atom stereocenters. The van der Waals surface area contributed by atoms with Gasteiger partial charge >= 0.3 is 5.97 Å². The minimum absolute atomic E-state index is 0.0364. The number of carboxylic acids is 1. The van der Waals surface area contributed by atoms with E-state index in [4.69, 9.17) is 10.8 Å². The van der Waals surface area contributed by atoms with Crippen molar-refractivity contribution in [1.29, 1.82) is 0 Å². The van der Waals surface area contributed by atoms with E-state index >= 15 is 0 Å². The van der Waals surface area contributed by atoms with Gasteiger partial charge in [0, 0.05) is 6.07 Å². The topological polar surface area (TPSA) is 106 Å². The van der Waals surface area contributed by atoms with Crippen molar-refractivity contribution >= 4 is 22.4 Å². The van der Waals surface area contributed by atoms with Crippen LogP contribution in [0.2, 0.25) is 0 Å². The van der Waals surface area contributed by atoms with Crippen LogP contribution in [-0.4, -0.2) is 22.0 Å². The Kier molecular flexibility index (Phi) is 3.43. The van der Waals surface area contributed by atoms with Crippen molar-refractivity contribution in [3.63, 3.8) is 0 Å². The Balaban J connectivity index is 2.52. The summed E-state index contributed by atoms with van der Waals surface area (Å²) in [6.45, 7) is 0. The summed E-state index contributed by atoms with van der Waals surface area (Å²) in [5, 5.41) is 21.0. The van der Waals surface area contributed by atoms with Crippen molar-refractivity contribution < 1.29 is 14.8 Å². The molecule has 0 saturated heterocycles. The molecule has 2 aromatic rings. The molecule has 2 aromatic carbocycles. The standard InChI is InChI=1S/C13H12N2O4/c14-11(13(16)17)6-8-5-9-3-1-2-4-10(9)12(7-8)15(18)19/h1-5,7,11H,6,14H2,(H,16,17)/t11-/m0/s1. The zero-order valence-corrected chi connectivity index (χ0v) is 9.95. The van der Waals surface area contributed by atoms with Gasteiger partial charge in [0.05, 0.1) is 10.3 Å². The quantitative estimate of drug-likeness (QED) is 0.642. The normalized spacial score (nSPS) is 12.3. The Morgan fingerprint density at radius 2 is 2.05 bits per heavy atom. The predicted molar refractivity (Wildman–Crippen MR) is 69.9 cm³/mol. The molecule has 0 radical (unpaired) electrons. The number of carboxylic acid groups (broad SMARTS) is 1. The Morgan fingerprint density at radius 3 is 2.68 bits per heavy atom. The van der Waals surface area contributed by atoms with Gasteiger partial charge in [-0.1, -0.05) is 24.3 Å². The number of nitrogens with zero attached hydrogens (tertiary/aromatic N) is 1. The van der Waals surface area contributed by atoms with Gasteiger partial charge in [-0.25, -0.2) is 0 Å². The van der Waals surface area contributed by atoms with Crippen LogP contribution >= 0.6 is 0 Å². The molecule has 0 fully saturated rings. The highest BCUT2D eigenvalue weighted by Crippen LogP contribution is 2.27. The molecule has 0 heterocycles. The second-order valence-corrected chi connectivity index (χ2v) is 4.24. The molecule has 0 aliphatic carbocycles. The fraction of sp³-hybridized carbons (Fsp3) is 0.154. The van der Waals surface area contributed by atoms with E-state index < -0.39 is 16.9 Å². The lowest BCUT2D eigenvalue weighted by Gasteiger charge is -2.08. The second-order valence-electron chi connectivity index (χ2n) is 4.24. The van der Waals surface area contributed by atoms with E-state index in [9.17, 15) is 14.9 Å². The second kappa shape index (κ2) is 5.03. The zero-order valence-electron chi connectivity index (χ0n) is 9.95. The van der Waals surface area contributed by atoms with E-state index in [1.54, 1.807) is 30.3 Å². The molecule has 2 rings (SSSR count). The fourth-order valence-electron chi connectivity index (χ4n) is 1.96. The number of aliphatic carboxylic acids is 1. The summed E-state index contributed by atoms with van der Waals surface area (Å²) in [7, 11) is 0. The molecule has 0 amide bonds. The van der Waals surface area contributed by atoms with Crippen LogP contribution < -0.4 is 5.73 Å². The fourth-order valence-corrected chi connectivity index (χ4v) is 1.96. The number of nitro benzene ring substituents is 1. The highest BCUT2D eigenvalue weighted by Gasteiger charge is 2.17. The van der Waals surface area contributed by atoms with Crippen molar-refractivity contribution in [2.75, 3.05) is 0 Å². The SMILES string of the molecule is N[C@@H](Cc1cc([N+](=O)[O-])c2ccccc2c1)C(=O)O. The maximum Gasteiger partial charge on any atom is 0.320 e. The number of fused-ring (bicyclic) bond motifs is 1. The largest absolute Gasteiger partial charge is 0.480 e. The molecule has 6 heteroatoms. The maximum atomic E-state index is 11.0. The van der Waals surface area contributed by atoms with Gasteiger partial charge in [-0.2, -0.15) is 0 Å².